The molecular formula is C7H3BrF4S. The van der Waals surface area contributed by atoms with Crippen molar-refractivity contribution in [3.8, 4) is 0 Å². The first-order chi connectivity index (χ1) is 5.88. The minimum atomic E-state index is -4.45. The summed E-state index contributed by atoms with van der Waals surface area (Å²) in [6.07, 6.45) is 0. The second kappa shape index (κ2) is 3.88. The van der Waals surface area contributed by atoms with E-state index >= 15 is 0 Å². The lowest BCUT2D eigenvalue weighted by molar-refractivity contribution is -0.0329. The molecule has 0 amide bonds. The minimum Gasteiger partial charge on any atom is -0.206 e. The van der Waals surface area contributed by atoms with E-state index in [1.807, 2.05) is 0 Å². The summed E-state index contributed by atoms with van der Waals surface area (Å²) in [7, 11) is 0. The maximum Gasteiger partial charge on any atom is 0.446 e. The molecule has 0 aromatic heterocycles. The van der Waals surface area contributed by atoms with Gasteiger partial charge in [0.1, 0.15) is 5.82 Å². The van der Waals surface area contributed by atoms with Gasteiger partial charge in [0, 0.05) is 4.47 Å². The highest BCUT2D eigenvalue weighted by molar-refractivity contribution is 9.10. The molecule has 0 spiro atoms. The summed E-state index contributed by atoms with van der Waals surface area (Å²) in [4.78, 5) is -0.421. The quantitative estimate of drug-likeness (QED) is 0.546. The van der Waals surface area contributed by atoms with Crippen LogP contribution in [-0.2, 0) is 0 Å². The standard InChI is InChI=1S/C7H3BrF4S/c8-4-1-2-6(5(9)3-4)13-7(10,11)12/h1-3H. The van der Waals surface area contributed by atoms with Crippen molar-refractivity contribution in [3.05, 3.63) is 28.5 Å². The van der Waals surface area contributed by atoms with E-state index < -0.39 is 28.0 Å². The van der Waals surface area contributed by atoms with E-state index in [4.69, 9.17) is 0 Å². The summed E-state index contributed by atoms with van der Waals surface area (Å²) in [5.41, 5.74) is -4.45. The third-order valence-corrected chi connectivity index (χ3v) is 2.40. The monoisotopic (exact) mass is 274 g/mol. The van der Waals surface area contributed by atoms with Crippen LogP contribution in [0.1, 0.15) is 0 Å². The van der Waals surface area contributed by atoms with Crippen molar-refractivity contribution in [1.82, 2.24) is 0 Å². The largest absolute Gasteiger partial charge is 0.446 e. The highest BCUT2D eigenvalue weighted by atomic mass is 79.9. The Morgan fingerprint density at radius 2 is 1.85 bits per heavy atom. The molecule has 0 fully saturated rings. The van der Waals surface area contributed by atoms with Crippen molar-refractivity contribution in [2.24, 2.45) is 0 Å². The van der Waals surface area contributed by atoms with Crippen LogP contribution >= 0.6 is 27.7 Å². The second-order valence-corrected chi connectivity index (χ2v) is 4.15. The molecule has 0 aliphatic rings. The van der Waals surface area contributed by atoms with Crippen LogP contribution in [0.3, 0.4) is 0 Å². The molecule has 0 heterocycles. The average molecular weight is 275 g/mol. The molecule has 72 valence electrons. The van der Waals surface area contributed by atoms with Crippen molar-refractivity contribution in [2.75, 3.05) is 0 Å². The Kier molecular flexibility index (Phi) is 3.23. The molecular weight excluding hydrogens is 272 g/mol. The van der Waals surface area contributed by atoms with E-state index in [2.05, 4.69) is 15.9 Å². The predicted molar refractivity (Wildman–Crippen MR) is 46.0 cm³/mol. The molecule has 0 radical (unpaired) electrons. The lowest BCUT2D eigenvalue weighted by atomic mass is 10.3. The fraction of sp³-hybridized carbons (Fsp3) is 0.143. The number of benzene rings is 1. The molecule has 1 aromatic rings. The zero-order valence-corrected chi connectivity index (χ0v) is 8.43. The number of hydrogen-bond donors (Lipinski definition) is 0. The van der Waals surface area contributed by atoms with E-state index in [1.54, 1.807) is 0 Å². The average Bonchev–Trinajstić information content (AvgIpc) is 1.93. The summed E-state index contributed by atoms with van der Waals surface area (Å²) < 4.78 is 48.7. The number of thioether (sulfide) groups is 1. The lowest BCUT2D eigenvalue weighted by Crippen LogP contribution is -2.00. The smallest absolute Gasteiger partial charge is 0.206 e. The summed E-state index contributed by atoms with van der Waals surface area (Å²) in [5, 5.41) is 0. The van der Waals surface area contributed by atoms with Crippen molar-refractivity contribution >= 4 is 27.7 Å². The van der Waals surface area contributed by atoms with Crippen molar-refractivity contribution in [1.29, 1.82) is 0 Å². The van der Waals surface area contributed by atoms with Gasteiger partial charge in [0.2, 0.25) is 0 Å². The van der Waals surface area contributed by atoms with E-state index in [9.17, 15) is 17.6 Å². The zero-order valence-electron chi connectivity index (χ0n) is 6.03. The zero-order chi connectivity index (χ0) is 10.1. The van der Waals surface area contributed by atoms with Crippen molar-refractivity contribution < 1.29 is 17.6 Å². The molecule has 0 atom stereocenters. The van der Waals surface area contributed by atoms with Gasteiger partial charge in [-0.05, 0) is 30.0 Å². The van der Waals surface area contributed by atoms with Gasteiger partial charge in [0.25, 0.3) is 0 Å². The van der Waals surface area contributed by atoms with Crippen LogP contribution in [0.4, 0.5) is 17.6 Å². The minimum absolute atomic E-state index is 0.413. The molecule has 0 saturated heterocycles. The van der Waals surface area contributed by atoms with Crippen molar-refractivity contribution in [3.63, 3.8) is 0 Å². The summed E-state index contributed by atoms with van der Waals surface area (Å²) in [5.74, 6) is -0.878. The molecule has 0 aliphatic heterocycles. The fourth-order valence-electron chi connectivity index (χ4n) is 0.683. The van der Waals surface area contributed by atoms with Crippen LogP contribution in [0, 0.1) is 5.82 Å². The second-order valence-electron chi connectivity index (χ2n) is 2.12. The van der Waals surface area contributed by atoms with E-state index in [0.29, 0.717) is 4.47 Å². The van der Waals surface area contributed by atoms with Crippen LogP contribution in [-0.4, -0.2) is 5.51 Å². The van der Waals surface area contributed by atoms with Gasteiger partial charge in [-0.3, -0.25) is 0 Å². The first kappa shape index (κ1) is 10.8. The molecule has 1 aromatic carbocycles. The lowest BCUT2D eigenvalue weighted by Gasteiger charge is -2.06. The van der Waals surface area contributed by atoms with E-state index in [1.165, 1.54) is 6.07 Å². The summed E-state index contributed by atoms with van der Waals surface area (Å²) in [6.45, 7) is 0. The molecule has 0 aliphatic carbocycles. The molecule has 1 rings (SSSR count). The SMILES string of the molecule is Fc1cc(Br)ccc1SC(F)(F)F. The van der Waals surface area contributed by atoms with Gasteiger partial charge in [-0.2, -0.15) is 13.2 Å². The Morgan fingerprint density at radius 1 is 1.23 bits per heavy atom. The third-order valence-electron chi connectivity index (χ3n) is 1.12. The maximum atomic E-state index is 12.8. The van der Waals surface area contributed by atoms with Crippen LogP contribution in [0.5, 0.6) is 0 Å². The first-order valence-electron chi connectivity index (χ1n) is 3.09. The summed E-state index contributed by atoms with van der Waals surface area (Å²) in [6, 6.07) is 3.43. The number of halogens is 5. The number of alkyl halides is 3. The molecule has 0 bridgehead atoms. The van der Waals surface area contributed by atoms with Crippen LogP contribution < -0.4 is 0 Å². The fourth-order valence-corrected chi connectivity index (χ4v) is 1.56. The first-order valence-corrected chi connectivity index (χ1v) is 4.70. The van der Waals surface area contributed by atoms with E-state index in [-0.39, 0.29) is 0 Å². The van der Waals surface area contributed by atoms with Gasteiger partial charge in [0.15, 0.2) is 0 Å². The molecule has 0 saturated carbocycles. The Labute approximate surface area is 84.4 Å². The Bertz CT molecular complexity index is 310. The van der Waals surface area contributed by atoms with Gasteiger partial charge in [-0.1, -0.05) is 15.9 Å². The van der Waals surface area contributed by atoms with Gasteiger partial charge < -0.3 is 0 Å². The topological polar surface area (TPSA) is 0 Å². The molecule has 0 nitrogen and oxygen atoms in total. The Balaban J connectivity index is 2.90. The Morgan fingerprint density at radius 3 is 2.31 bits per heavy atom. The van der Waals surface area contributed by atoms with Crippen LogP contribution in [0.15, 0.2) is 27.6 Å². The third kappa shape index (κ3) is 3.56. The van der Waals surface area contributed by atoms with Crippen LogP contribution in [0.2, 0.25) is 0 Å². The van der Waals surface area contributed by atoms with Crippen molar-refractivity contribution in [2.45, 2.75) is 10.4 Å². The van der Waals surface area contributed by atoms with Gasteiger partial charge in [-0.15, -0.1) is 0 Å². The number of hydrogen-bond acceptors (Lipinski definition) is 1. The highest BCUT2D eigenvalue weighted by Crippen LogP contribution is 2.38. The number of rotatable bonds is 1. The molecule has 0 unspecified atom stereocenters. The highest BCUT2D eigenvalue weighted by Gasteiger charge is 2.30. The maximum absolute atomic E-state index is 12.8. The predicted octanol–water partition coefficient (Wildman–Crippen LogP) is 4.20. The van der Waals surface area contributed by atoms with E-state index in [0.717, 1.165) is 12.1 Å². The molecule has 0 N–H and O–H groups in total. The summed E-state index contributed by atoms with van der Waals surface area (Å²) >= 11 is 2.49. The molecule has 13 heavy (non-hydrogen) atoms. The molecule has 6 heteroatoms. The van der Waals surface area contributed by atoms with Gasteiger partial charge in [-0.25, -0.2) is 4.39 Å². The van der Waals surface area contributed by atoms with Gasteiger partial charge in [0.05, 0.1) is 4.90 Å². The van der Waals surface area contributed by atoms with Crippen LogP contribution in [0.25, 0.3) is 0 Å². The normalized spacial score (nSPS) is 11.8. The van der Waals surface area contributed by atoms with Gasteiger partial charge >= 0.3 is 5.51 Å². The Hall–Kier alpha value is -0.230.